The highest BCUT2D eigenvalue weighted by Crippen LogP contribution is 2.20. The van der Waals surface area contributed by atoms with Gasteiger partial charge in [0.1, 0.15) is 16.1 Å². The molecule has 0 unspecified atom stereocenters. The zero-order valence-electron chi connectivity index (χ0n) is 11.3. The second-order valence-corrected chi connectivity index (χ2v) is 5.18. The van der Waals surface area contributed by atoms with Crippen LogP contribution in [0.25, 0.3) is 0 Å². The van der Waals surface area contributed by atoms with Gasteiger partial charge >= 0.3 is 0 Å². The molecule has 106 valence electrons. The number of amides is 1. The Balaban J connectivity index is 2.21. The van der Waals surface area contributed by atoms with Gasteiger partial charge in [-0.2, -0.15) is 0 Å². The van der Waals surface area contributed by atoms with Gasteiger partial charge < -0.3 is 9.42 Å². The maximum absolute atomic E-state index is 12.3. The molecule has 5 nitrogen and oxygen atoms in total. The predicted octanol–water partition coefficient (Wildman–Crippen LogP) is 3.27. The van der Waals surface area contributed by atoms with Crippen molar-refractivity contribution in [1.29, 1.82) is 0 Å². The zero-order valence-corrected chi connectivity index (χ0v) is 12.8. The Morgan fingerprint density at radius 2 is 2.05 bits per heavy atom. The molecule has 0 N–H and O–H groups in total. The van der Waals surface area contributed by atoms with Crippen LogP contribution in [-0.2, 0) is 6.54 Å². The average molecular weight is 314 g/mol. The molecule has 2 rings (SSSR count). The Morgan fingerprint density at radius 3 is 2.60 bits per heavy atom. The summed E-state index contributed by atoms with van der Waals surface area (Å²) in [6, 6.07) is 3.09. The van der Waals surface area contributed by atoms with Gasteiger partial charge in [0, 0.05) is 12.6 Å². The minimum absolute atomic E-state index is 0.0908. The van der Waals surface area contributed by atoms with Gasteiger partial charge in [0.25, 0.3) is 5.91 Å². The fourth-order valence-electron chi connectivity index (χ4n) is 1.81. The number of nitrogens with zero attached hydrogens (tertiary/aromatic N) is 3. The van der Waals surface area contributed by atoms with Crippen molar-refractivity contribution in [2.75, 3.05) is 7.05 Å². The highest BCUT2D eigenvalue weighted by molar-refractivity contribution is 6.34. The van der Waals surface area contributed by atoms with E-state index in [-0.39, 0.29) is 16.2 Å². The first-order valence-corrected chi connectivity index (χ1v) is 6.65. The van der Waals surface area contributed by atoms with Gasteiger partial charge in [0.2, 0.25) is 0 Å². The van der Waals surface area contributed by atoms with Crippen LogP contribution >= 0.6 is 23.2 Å². The summed E-state index contributed by atoms with van der Waals surface area (Å²) >= 11 is 11.7. The van der Waals surface area contributed by atoms with E-state index in [1.807, 2.05) is 13.8 Å². The van der Waals surface area contributed by atoms with Gasteiger partial charge in [-0.3, -0.25) is 4.79 Å². The van der Waals surface area contributed by atoms with E-state index in [1.165, 1.54) is 11.0 Å². The van der Waals surface area contributed by atoms with Gasteiger partial charge in [-0.05, 0) is 26.0 Å². The van der Waals surface area contributed by atoms with E-state index in [2.05, 4.69) is 10.1 Å². The summed E-state index contributed by atoms with van der Waals surface area (Å²) in [5, 5.41) is 4.20. The normalized spacial score (nSPS) is 10.7. The summed E-state index contributed by atoms with van der Waals surface area (Å²) < 4.78 is 5.08. The molecular weight excluding hydrogens is 301 g/mol. The van der Waals surface area contributed by atoms with Gasteiger partial charge in [-0.1, -0.05) is 28.4 Å². The van der Waals surface area contributed by atoms with E-state index in [0.29, 0.717) is 17.9 Å². The number of aryl methyl sites for hydroxylation is 2. The minimum atomic E-state index is -0.237. The third kappa shape index (κ3) is 2.94. The lowest BCUT2D eigenvalue weighted by Crippen LogP contribution is -2.27. The number of aromatic nitrogens is 2. The summed E-state index contributed by atoms with van der Waals surface area (Å²) in [5.41, 5.74) is 1.96. The molecule has 0 aliphatic rings. The van der Waals surface area contributed by atoms with Crippen LogP contribution in [0.4, 0.5) is 0 Å². The number of carbonyl (C=O) groups excluding carboxylic acids is 1. The summed E-state index contributed by atoms with van der Waals surface area (Å²) in [6.07, 6.45) is 0. The molecule has 0 fully saturated rings. The number of hydrogen-bond donors (Lipinski definition) is 0. The lowest BCUT2D eigenvalue weighted by molar-refractivity contribution is 0.0784. The van der Waals surface area contributed by atoms with Gasteiger partial charge in [-0.25, -0.2) is 4.98 Å². The lowest BCUT2D eigenvalue weighted by Gasteiger charge is -2.17. The summed E-state index contributed by atoms with van der Waals surface area (Å²) in [5.74, 6) is 0.460. The number of hydrogen-bond acceptors (Lipinski definition) is 4. The standard InChI is InChI=1S/C13H13Cl2N3O2/c1-7-10(8(2)20-17-7)6-18(3)13(19)9-4-5-11(14)16-12(9)15/h4-5H,6H2,1-3H3. The van der Waals surface area contributed by atoms with Crippen LogP contribution in [0.2, 0.25) is 10.3 Å². The van der Waals surface area contributed by atoms with Crippen LogP contribution in [0.15, 0.2) is 16.7 Å². The fourth-order valence-corrected chi connectivity index (χ4v) is 2.24. The smallest absolute Gasteiger partial charge is 0.257 e. The molecule has 2 aromatic rings. The molecule has 0 saturated carbocycles. The monoisotopic (exact) mass is 313 g/mol. The fraction of sp³-hybridized carbons (Fsp3) is 0.308. The second-order valence-electron chi connectivity index (χ2n) is 4.44. The van der Waals surface area contributed by atoms with E-state index in [4.69, 9.17) is 27.7 Å². The van der Waals surface area contributed by atoms with Crippen LogP contribution in [-0.4, -0.2) is 28.0 Å². The van der Waals surface area contributed by atoms with Crippen molar-refractivity contribution in [3.8, 4) is 0 Å². The molecule has 0 aliphatic heterocycles. The Labute approximate surface area is 126 Å². The van der Waals surface area contributed by atoms with Crippen molar-refractivity contribution in [3.63, 3.8) is 0 Å². The summed E-state index contributed by atoms with van der Waals surface area (Å²) in [7, 11) is 1.68. The summed E-state index contributed by atoms with van der Waals surface area (Å²) in [4.78, 5) is 17.7. The third-order valence-corrected chi connectivity index (χ3v) is 3.47. The lowest BCUT2D eigenvalue weighted by atomic mass is 10.2. The average Bonchev–Trinajstić information content (AvgIpc) is 2.70. The summed E-state index contributed by atoms with van der Waals surface area (Å²) in [6.45, 7) is 4.03. The van der Waals surface area contributed by atoms with Crippen molar-refractivity contribution in [1.82, 2.24) is 15.0 Å². The quantitative estimate of drug-likeness (QED) is 0.816. The van der Waals surface area contributed by atoms with Crippen LogP contribution in [0.3, 0.4) is 0 Å². The molecule has 0 spiro atoms. The number of halogens is 2. The van der Waals surface area contributed by atoms with Crippen LogP contribution < -0.4 is 0 Å². The number of rotatable bonds is 3. The largest absolute Gasteiger partial charge is 0.361 e. The van der Waals surface area contributed by atoms with E-state index in [9.17, 15) is 4.79 Å². The molecule has 0 atom stereocenters. The van der Waals surface area contributed by atoms with Crippen molar-refractivity contribution >= 4 is 29.1 Å². The molecule has 20 heavy (non-hydrogen) atoms. The first-order chi connectivity index (χ1) is 9.40. The molecule has 0 saturated heterocycles. The molecule has 0 aliphatic carbocycles. The predicted molar refractivity (Wildman–Crippen MR) is 76.0 cm³/mol. The van der Waals surface area contributed by atoms with Crippen LogP contribution in [0, 0.1) is 13.8 Å². The maximum atomic E-state index is 12.3. The van der Waals surface area contributed by atoms with Gasteiger partial charge in [-0.15, -0.1) is 0 Å². The molecule has 0 bridgehead atoms. The van der Waals surface area contributed by atoms with Gasteiger partial charge in [0.05, 0.1) is 17.8 Å². The third-order valence-electron chi connectivity index (χ3n) is 2.97. The van der Waals surface area contributed by atoms with E-state index in [0.717, 1.165) is 11.3 Å². The van der Waals surface area contributed by atoms with Crippen molar-refractivity contribution in [3.05, 3.63) is 45.0 Å². The maximum Gasteiger partial charge on any atom is 0.257 e. The first kappa shape index (κ1) is 14.8. The Kier molecular flexibility index (Phi) is 4.30. The minimum Gasteiger partial charge on any atom is -0.361 e. The number of pyridine rings is 1. The van der Waals surface area contributed by atoms with Crippen molar-refractivity contribution in [2.45, 2.75) is 20.4 Å². The SMILES string of the molecule is Cc1noc(C)c1CN(C)C(=O)c1ccc(Cl)nc1Cl. The molecule has 1 amide bonds. The Morgan fingerprint density at radius 1 is 1.35 bits per heavy atom. The van der Waals surface area contributed by atoms with E-state index < -0.39 is 0 Å². The molecule has 2 aromatic heterocycles. The molecular formula is C13H13Cl2N3O2. The second kappa shape index (κ2) is 5.81. The van der Waals surface area contributed by atoms with Crippen LogP contribution in [0.5, 0.6) is 0 Å². The van der Waals surface area contributed by atoms with Crippen molar-refractivity contribution in [2.24, 2.45) is 0 Å². The van der Waals surface area contributed by atoms with E-state index in [1.54, 1.807) is 13.1 Å². The Hall–Kier alpha value is -1.59. The first-order valence-electron chi connectivity index (χ1n) is 5.89. The highest BCUT2D eigenvalue weighted by Gasteiger charge is 2.19. The van der Waals surface area contributed by atoms with E-state index >= 15 is 0 Å². The highest BCUT2D eigenvalue weighted by atomic mass is 35.5. The molecule has 0 aromatic carbocycles. The van der Waals surface area contributed by atoms with Gasteiger partial charge in [0.15, 0.2) is 0 Å². The zero-order chi connectivity index (χ0) is 14.9. The molecule has 0 radical (unpaired) electrons. The molecule has 2 heterocycles. The Bertz CT molecular complexity index is 636. The number of carbonyl (C=O) groups is 1. The molecule has 7 heteroatoms. The topological polar surface area (TPSA) is 59.2 Å². The van der Waals surface area contributed by atoms with Crippen LogP contribution in [0.1, 0.15) is 27.4 Å². The van der Waals surface area contributed by atoms with Crippen molar-refractivity contribution < 1.29 is 9.32 Å².